The maximum absolute atomic E-state index is 13.3. The summed E-state index contributed by atoms with van der Waals surface area (Å²) in [5, 5.41) is 3.46. The van der Waals surface area contributed by atoms with Crippen molar-refractivity contribution in [1.82, 2.24) is 21.1 Å². The molecule has 5 nitrogen and oxygen atoms in total. The molecule has 4 unspecified atom stereocenters. The van der Waals surface area contributed by atoms with Gasteiger partial charge in [0.15, 0.2) is 0 Å². The summed E-state index contributed by atoms with van der Waals surface area (Å²) in [5.41, 5.74) is 8.09. The molecule has 3 heterocycles. The van der Waals surface area contributed by atoms with Gasteiger partial charge in [-0.1, -0.05) is 30.3 Å². The van der Waals surface area contributed by atoms with Crippen molar-refractivity contribution in [1.29, 1.82) is 0 Å². The minimum absolute atomic E-state index is 0. The van der Waals surface area contributed by atoms with Crippen LogP contribution in [0.2, 0.25) is 0 Å². The minimum Gasteiger partial charge on any atom is -0.338 e. The molecule has 0 saturated carbocycles. The Kier molecular flexibility index (Phi) is 7.53. The Morgan fingerprint density at radius 2 is 1.96 bits per heavy atom. The van der Waals surface area contributed by atoms with E-state index in [1.165, 1.54) is 12.0 Å². The molecule has 4 rings (SSSR count). The van der Waals surface area contributed by atoms with E-state index in [1.807, 2.05) is 0 Å². The predicted octanol–water partition coefficient (Wildman–Crippen LogP) is 2.27. The molecule has 150 valence electrons. The van der Waals surface area contributed by atoms with E-state index in [1.54, 1.807) is 0 Å². The summed E-state index contributed by atoms with van der Waals surface area (Å²) in [6, 6.07) is 11.5. The summed E-state index contributed by atoms with van der Waals surface area (Å²) >= 11 is 0. The van der Waals surface area contributed by atoms with E-state index >= 15 is 0 Å². The van der Waals surface area contributed by atoms with Gasteiger partial charge in [0.1, 0.15) is 6.04 Å². The molecule has 3 N–H and O–H groups in total. The molecule has 6 heteroatoms. The molecule has 3 saturated heterocycles. The van der Waals surface area contributed by atoms with E-state index in [4.69, 9.17) is 0 Å². The highest BCUT2D eigenvalue weighted by molar-refractivity contribution is 5.85. The van der Waals surface area contributed by atoms with Crippen molar-refractivity contribution in [3.05, 3.63) is 35.9 Å². The molecule has 3 aliphatic rings. The molecule has 3 fully saturated rings. The molecule has 1 amide bonds. The first kappa shape index (κ1) is 20.6. The van der Waals surface area contributed by atoms with Crippen LogP contribution in [0.3, 0.4) is 0 Å². The van der Waals surface area contributed by atoms with Crippen LogP contribution in [-0.4, -0.2) is 48.6 Å². The smallest absolute Gasteiger partial charge is 0.241 e. The van der Waals surface area contributed by atoms with Gasteiger partial charge in [0.25, 0.3) is 0 Å². The topological polar surface area (TPSA) is 56.4 Å². The van der Waals surface area contributed by atoms with E-state index in [-0.39, 0.29) is 18.4 Å². The van der Waals surface area contributed by atoms with Gasteiger partial charge >= 0.3 is 0 Å². The number of carbonyl (C=O) groups excluding carboxylic acids is 1. The summed E-state index contributed by atoms with van der Waals surface area (Å²) in [6.45, 7) is 2.91. The zero-order valence-electron chi connectivity index (χ0n) is 16.0. The van der Waals surface area contributed by atoms with Crippen LogP contribution in [0, 0.1) is 5.92 Å². The Balaban J connectivity index is 0.00000210. The Labute approximate surface area is 169 Å². The molecule has 0 radical (unpaired) electrons. The average molecular weight is 393 g/mol. The van der Waals surface area contributed by atoms with Crippen LogP contribution in [0.25, 0.3) is 0 Å². The minimum atomic E-state index is -0.0671. The number of aryl methyl sites for hydroxylation is 1. The Morgan fingerprint density at radius 1 is 1.11 bits per heavy atom. The number of nitrogens with one attached hydrogen (secondary N) is 3. The largest absolute Gasteiger partial charge is 0.338 e. The molecular formula is C21H33ClN4O. The van der Waals surface area contributed by atoms with Crippen LogP contribution in [-0.2, 0) is 11.2 Å². The molecule has 4 atom stereocenters. The number of carbonyl (C=O) groups is 1. The lowest BCUT2D eigenvalue weighted by molar-refractivity contribution is -0.138. The lowest BCUT2D eigenvalue weighted by atomic mass is 9.87. The van der Waals surface area contributed by atoms with Crippen LogP contribution in [0.1, 0.15) is 44.1 Å². The number of fused-ring (bicyclic) bond motifs is 1. The fourth-order valence-corrected chi connectivity index (χ4v) is 4.92. The summed E-state index contributed by atoms with van der Waals surface area (Å²) in [7, 11) is 0. The van der Waals surface area contributed by atoms with Crippen molar-refractivity contribution < 1.29 is 4.79 Å². The van der Waals surface area contributed by atoms with E-state index in [0.717, 1.165) is 58.2 Å². The number of likely N-dealkylation sites (tertiary alicyclic amines) is 1. The number of hydrogen-bond donors (Lipinski definition) is 3. The normalized spacial score (nSPS) is 30.4. The number of amides is 1. The Hall–Kier alpha value is -1.14. The van der Waals surface area contributed by atoms with Crippen LogP contribution < -0.4 is 16.2 Å². The van der Waals surface area contributed by atoms with Crippen molar-refractivity contribution in [2.45, 2.75) is 63.1 Å². The third kappa shape index (κ3) is 4.83. The van der Waals surface area contributed by atoms with Crippen LogP contribution >= 0.6 is 12.4 Å². The molecule has 0 spiro atoms. The fraction of sp³-hybridized carbons (Fsp3) is 0.667. The van der Waals surface area contributed by atoms with Gasteiger partial charge in [-0.25, -0.2) is 5.43 Å². The summed E-state index contributed by atoms with van der Waals surface area (Å²) in [6.07, 6.45) is 8.04. The first-order chi connectivity index (χ1) is 12.8. The van der Waals surface area contributed by atoms with E-state index in [0.29, 0.717) is 23.9 Å². The van der Waals surface area contributed by atoms with E-state index < -0.39 is 0 Å². The van der Waals surface area contributed by atoms with Gasteiger partial charge in [0.05, 0.1) is 0 Å². The molecule has 0 aliphatic carbocycles. The lowest BCUT2D eigenvalue weighted by Gasteiger charge is -2.39. The van der Waals surface area contributed by atoms with Crippen molar-refractivity contribution in [3.63, 3.8) is 0 Å². The molecule has 3 aliphatic heterocycles. The summed E-state index contributed by atoms with van der Waals surface area (Å²) < 4.78 is 0. The monoisotopic (exact) mass is 392 g/mol. The van der Waals surface area contributed by atoms with Gasteiger partial charge in [-0.15, -0.1) is 12.4 Å². The molecule has 27 heavy (non-hydrogen) atoms. The number of hydrogen-bond acceptors (Lipinski definition) is 4. The number of piperidine rings is 2. The zero-order valence-corrected chi connectivity index (χ0v) is 16.8. The van der Waals surface area contributed by atoms with Gasteiger partial charge in [-0.2, -0.15) is 0 Å². The number of benzene rings is 1. The van der Waals surface area contributed by atoms with Crippen LogP contribution in [0.15, 0.2) is 30.3 Å². The van der Waals surface area contributed by atoms with Crippen molar-refractivity contribution in [2.24, 2.45) is 5.92 Å². The van der Waals surface area contributed by atoms with Crippen molar-refractivity contribution >= 4 is 18.3 Å². The molecule has 0 bridgehead atoms. The van der Waals surface area contributed by atoms with Crippen molar-refractivity contribution in [3.8, 4) is 0 Å². The number of rotatable bonds is 5. The number of halogens is 1. The quantitative estimate of drug-likeness (QED) is 0.719. The van der Waals surface area contributed by atoms with Crippen molar-refractivity contribution in [2.75, 3.05) is 19.6 Å². The first-order valence-corrected chi connectivity index (χ1v) is 10.4. The maximum Gasteiger partial charge on any atom is 0.241 e. The van der Waals surface area contributed by atoms with Gasteiger partial charge in [-0.05, 0) is 57.1 Å². The third-order valence-electron chi connectivity index (χ3n) is 6.40. The second-order valence-electron chi connectivity index (χ2n) is 8.09. The molecular weight excluding hydrogens is 360 g/mol. The van der Waals surface area contributed by atoms with E-state index in [2.05, 4.69) is 51.4 Å². The highest BCUT2D eigenvalue weighted by Crippen LogP contribution is 2.27. The van der Waals surface area contributed by atoms with Gasteiger partial charge in [0, 0.05) is 31.1 Å². The fourth-order valence-electron chi connectivity index (χ4n) is 4.92. The molecule has 1 aromatic rings. The summed E-state index contributed by atoms with van der Waals surface area (Å²) in [5.74, 6) is 0.696. The average Bonchev–Trinajstić information content (AvgIpc) is 3.13. The Bertz CT molecular complexity index is 599. The van der Waals surface area contributed by atoms with Gasteiger partial charge < -0.3 is 10.2 Å². The lowest BCUT2D eigenvalue weighted by Crippen LogP contribution is -2.54. The van der Waals surface area contributed by atoms with Gasteiger partial charge in [-0.3, -0.25) is 10.2 Å². The second-order valence-corrected chi connectivity index (χ2v) is 8.09. The van der Waals surface area contributed by atoms with Gasteiger partial charge in [0.2, 0.25) is 5.91 Å². The number of nitrogens with zero attached hydrogens (tertiary/aromatic N) is 1. The third-order valence-corrected chi connectivity index (χ3v) is 6.40. The summed E-state index contributed by atoms with van der Waals surface area (Å²) in [4.78, 5) is 15.5. The highest BCUT2D eigenvalue weighted by Gasteiger charge is 2.43. The van der Waals surface area contributed by atoms with Crippen LogP contribution in [0.5, 0.6) is 0 Å². The zero-order chi connectivity index (χ0) is 17.8. The Morgan fingerprint density at radius 3 is 2.81 bits per heavy atom. The maximum atomic E-state index is 13.3. The first-order valence-electron chi connectivity index (χ1n) is 10.4. The van der Waals surface area contributed by atoms with Crippen LogP contribution in [0.4, 0.5) is 0 Å². The van der Waals surface area contributed by atoms with E-state index in [9.17, 15) is 4.79 Å². The second kappa shape index (κ2) is 9.87. The molecule has 0 aromatic heterocycles. The predicted molar refractivity (Wildman–Crippen MR) is 111 cm³/mol. The number of hydrazine groups is 1. The highest BCUT2D eigenvalue weighted by atomic mass is 35.5. The molecule has 1 aromatic carbocycles. The standard InChI is InChI=1S/C21H32N4O.ClH/c26-21(20-18-15-22-13-12-19(18)23-24-20)25-14-5-4-10-17(25)11-6-9-16-7-2-1-3-8-16;/h1-3,7-8,17-20,22-24H,4-6,9-15H2;1H. The SMILES string of the molecule is Cl.O=C(C1NNC2CCNCC21)N1CCCCC1CCCc1ccccc1.